The summed E-state index contributed by atoms with van der Waals surface area (Å²) in [7, 11) is 3.85. The molecule has 0 spiro atoms. The number of amides is 2. The van der Waals surface area contributed by atoms with E-state index in [0.29, 0.717) is 17.2 Å². The van der Waals surface area contributed by atoms with Gasteiger partial charge in [-0.2, -0.15) is 5.10 Å². The first-order valence-corrected chi connectivity index (χ1v) is 8.20. The second-order valence-electron chi connectivity index (χ2n) is 5.99. The molecule has 138 valence electrons. The standard InChI is InChI=1S/C19H19FN6O/c1-26(2)17-11-18(25-21-12-17)22-14-6-8-15(9-7-14)23-19(27)24-16-5-3-4-13(20)10-16/h3-12H,1-2H3,(H,22,25)(H2,23,24,27). The van der Waals surface area contributed by atoms with Gasteiger partial charge in [0.2, 0.25) is 0 Å². The number of aromatic nitrogens is 2. The van der Waals surface area contributed by atoms with Crippen LogP contribution in [0.1, 0.15) is 0 Å². The Labute approximate surface area is 156 Å². The maximum Gasteiger partial charge on any atom is 0.323 e. The van der Waals surface area contributed by atoms with Gasteiger partial charge in [0.05, 0.1) is 11.9 Å². The molecule has 8 heteroatoms. The van der Waals surface area contributed by atoms with Crippen LogP contribution < -0.4 is 20.9 Å². The van der Waals surface area contributed by atoms with E-state index in [2.05, 4.69) is 26.1 Å². The van der Waals surface area contributed by atoms with Gasteiger partial charge in [0.15, 0.2) is 5.82 Å². The Morgan fingerprint density at radius 3 is 2.37 bits per heavy atom. The number of rotatable bonds is 5. The Bertz CT molecular complexity index is 929. The van der Waals surface area contributed by atoms with Gasteiger partial charge >= 0.3 is 6.03 Å². The molecule has 3 N–H and O–H groups in total. The highest BCUT2D eigenvalue weighted by molar-refractivity contribution is 5.99. The van der Waals surface area contributed by atoms with Crippen molar-refractivity contribution in [1.29, 1.82) is 0 Å². The van der Waals surface area contributed by atoms with E-state index in [4.69, 9.17) is 0 Å². The van der Waals surface area contributed by atoms with Crippen LogP contribution in [0.15, 0.2) is 60.8 Å². The topological polar surface area (TPSA) is 82.2 Å². The maximum absolute atomic E-state index is 13.1. The molecule has 2 amide bonds. The summed E-state index contributed by atoms with van der Waals surface area (Å²) in [4.78, 5) is 13.9. The van der Waals surface area contributed by atoms with Crippen LogP contribution in [0.25, 0.3) is 0 Å². The van der Waals surface area contributed by atoms with Crippen molar-refractivity contribution in [3.05, 3.63) is 66.6 Å². The molecule has 0 bridgehead atoms. The Kier molecular flexibility index (Phi) is 5.46. The third-order valence-corrected chi connectivity index (χ3v) is 3.65. The summed E-state index contributed by atoms with van der Waals surface area (Å²) in [6.45, 7) is 0. The molecule has 0 fully saturated rings. The predicted molar refractivity (Wildman–Crippen MR) is 105 cm³/mol. The number of hydrogen-bond donors (Lipinski definition) is 3. The fourth-order valence-electron chi connectivity index (χ4n) is 2.31. The average Bonchev–Trinajstić information content (AvgIpc) is 2.63. The van der Waals surface area contributed by atoms with Crippen LogP contribution in [0.3, 0.4) is 0 Å². The molecule has 0 unspecified atom stereocenters. The van der Waals surface area contributed by atoms with Gasteiger partial charge < -0.3 is 20.9 Å². The van der Waals surface area contributed by atoms with E-state index < -0.39 is 11.8 Å². The molecule has 7 nitrogen and oxygen atoms in total. The Hall–Kier alpha value is -3.68. The summed E-state index contributed by atoms with van der Waals surface area (Å²) < 4.78 is 13.1. The highest BCUT2D eigenvalue weighted by atomic mass is 19.1. The highest BCUT2D eigenvalue weighted by Crippen LogP contribution is 2.20. The van der Waals surface area contributed by atoms with Crippen molar-refractivity contribution in [3.63, 3.8) is 0 Å². The van der Waals surface area contributed by atoms with Gasteiger partial charge in [-0.1, -0.05) is 6.07 Å². The Balaban J connectivity index is 1.60. The number of nitrogens with one attached hydrogen (secondary N) is 3. The second-order valence-corrected chi connectivity index (χ2v) is 5.99. The first kappa shape index (κ1) is 18.1. The average molecular weight is 366 g/mol. The fraction of sp³-hybridized carbons (Fsp3) is 0.105. The SMILES string of the molecule is CN(C)c1cnnc(Nc2ccc(NC(=O)Nc3cccc(F)c3)cc2)c1. The van der Waals surface area contributed by atoms with Crippen LogP contribution >= 0.6 is 0 Å². The molecule has 1 aromatic heterocycles. The zero-order valence-electron chi connectivity index (χ0n) is 14.9. The molecule has 0 saturated heterocycles. The molecule has 3 aromatic rings. The van der Waals surface area contributed by atoms with Gasteiger partial charge in [0, 0.05) is 37.2 Å². The third kappa shape index (κ3) is 5.15. The third-order valence-electron chi connectivity index (χ3n) is 3.65. The number of nitrogens with zero attached hydrogens (tertiary/aromatic N) is 3. The van der Waals surface area contributed by atoms with Crippen molar-refractivity contribution in [3.8, 4) is 0 Å². The summed E-state index contributed by atoms with van der Waals surface area (Å²) in [5, 5.41) is 16.4. The van der Waals surface area contributed by atoms with Gasteiger partial charge in [-0.25, -0.2) is 9.18 Å². The number of halogens is 1. The molecule has 0 saturated carbocycles. The van der Waals surface area contributed by atoms with Crippen LogP contribution in [0, 0.1) is 5.82 Å². The van der Waals surface area contributed by atoms with Crippen molar-refractivity contribution in [2.75, 3.05) is 34.9 Å². The van der Waals surface area contributed by atoms with E-state index in [1.165, 1.54) is 18.2 Å². The number of anilines is 5. The molecule has 0 radical (unpaired) electrons. The quantitative estimate of drug-likeness (QED) is 0.634. The minimum absolute atomic E-state index is 0.380. The summed E-state index contributed by atoms with van der Waals surface area (Å²) >= 11 is 0. The molecular formula is C19H19FN6O. The largest absolute Gasteiger partial charge is 0.376 e. The monoisotopic (exact) mass is 366 g/mol. The van der Waals surface area contributed by atoms with Crippen LogP contribution in [-0.4, -0.2) is 30.3 Å². The molecular weight excluding hydrogens is 347 g/mol. The fourth-order valence-corrected chi connectivity index (χ4v) is 2.31. The second kappa shape index (κ2) is 8.13. The van der Waals surface area contributed by atoms with Gasteiger partial charge in [-0.15, -0.1) is 5.10 Å². The minimum Gasteiger partial charge on any atom is -0.376 e. The lowest BCUT2D eigenvalue weighted by Crippen LogP contribution is -2.19. The predicted octanol–water partition coefficient (Wildman–Crippen LogP) is 4.07. The van der Waals surface area contributed by atoms with Crippen molar-refractivity contribution in [1.82, 2.24) is 10.2 Å². The van der Waals surface area contributed by atoms with E-state index in [-0.39, 0.29) is 0 Å². The van der Waals surface area contributed by atoms with Gasteiger partial charge in [0.1, 0.15) is 5.82 Å². The normalized spacial score (nSPS) is 10.2. The zero-order chi connectivity index (χ0) is 19.2. The highest BCUT2D eigenvalue weighted by Gasteiger charge is 2.05. The van der Waals surface area contributed by atoms with Gasteiger partial charge in [-0.05, 0) is 42.5 Å². The van der Waals surface area contributed by atoms with E-state index in [1.807, 2.05) is 37.2 Å². The van der Waals surface area contributed by atoms with Crippen molar-refractivity contribution >= 4 is 34.6 Å². The van der Waals surface area contributed by atoms with Crippen LogP contribution in [0.2, 0.25) is 0 Å². The lowest BCUT2D eigenvalue weighted by molar-refractivity contribution is 0.262. The summed E-state index contributed by atoms with van der Waals surface area (Å²) in [5.74, 6) is 0.204. The number of urea groups is 1. The number of hydrogen-bond acceptors (Lipinski definition) is 5. The van der Waals surface area contributed by atoms with Crippen LogP contribution in [-0.2, 0) is 0 Å². The summed E-state index contributed by atoms with van der Waals surface area (Å²) in [6.07, 6.45) is 1.68. The summed E-state index contributed by atoms with van der Waals surface area (Å²) in [5.41, 5.74) is 2.71. The van der Waals surface area contributed by atoms with Gasteiger partial charge in [-0.3, -0.25) is 0 Å². The van der Waals surface area contributed by atoms with Crippen molar-refractivity contribution < 1.29 is 9.18 Å². The molecule has 0 atom stereocenters. The lowest BCUT2D eigenvalue weighted by atomic mass is 10.2. The molecule has 1 heterocycles. The van der Waals surface area contributed by atoms with Crippen molar-refractivity contribution in [2.24, 2.45) is 0 Å². The van der Waals surface area contributed by atoms with Gasteiger partial charge in [0.25, 0.3) is 0 Å². The lowest BCUT2D eigenvalue weighted by Gasteiger charge is -2.13. The zero-order valence-corrected chi connectivity index (χ0v) is 14.9. The smallest absolute Gasteiger partial charge is 0.323 e. The molecule has 0 aliphatic carbocycles. The van der Waals surface area contributed by atoms with Crippen molar-refractivity contribution in [2.45, 2.75) is 0 Å². The van der Waals surface area contributed by atoms with E-state index in [1.54, 1.807) is 24.4 Å². The molecule has 0 aliphatic heterocycles. The Morgan fingerprint density at radius 2 is 1.67 bits per heavy atom. The summed E-state index contributed by atoms with van der Waals surface area (Å²) in [6, 6.07) is 14.2. The van der Waals surface area contributed by atoms with Crippen LogP contribution in [0.4, 0.5) is 37.8 Å². The number of benzene rings is 2. The Morgan fingerprint density at radius 1 is 0.963 bits per heavy atom. The van der Waals surface area contributed by atoms with E-state index in [9.17, 15) is 9.18 Å². The number of carbonyl (C=O) groups excluding carboxylic acids is 1. The van der Waals surface area contributed by atoms with E-state index in [0.717, 1.165) is 11.4 Å². The first-order valence-electron chi connectivity index (χ1n) is 8.20. The number of carbonyl (C=O) groups is 1. The minimum atomic E-state index is -0.453. The molecule has 2 aromatic carbocycles. The molecule has 27 heavy (non-hydrogen) atoms. The maximum atomic E-state index is 13.1. The van der Waals surface area contributed by atoms with E-state index >= 15 is 0 Å². The molecule has 3 rings (SSSR count). The van der Waals surface area contributed by atoms with Crippen LogP contribution in [0.5, 0.6) is 0 Å². The first-order chi connectivity index (χ1) is 13.0. The molecule has 0 aliphatic rings.